The topological polar surface area (TPSA) is 91.1 Å². The lowest BCUT2D eigenvalue weighted by Gasteiger charge is -2.34. The standard InChI is InChI=1S/C22H22F2N2O5S/c1-2-14-9-17-15(10-22(28)31-20(17)12-19(14)27)13-25-5-7-26(8-6-25)32(29,30)21-11-16(23)3-4-18(21)24/h3-4,9-12,27H,2,5-8,13H2,1H3. The number of phenols is 1. The lowest BCUT2D eigenvalue weighted by Crippen LogP contribution is -2.48. The number of benzene rings is 2. The number of hydrogen-bond donors (Lipinski definition) is 1. The van der Waals surface area contributed by atoms with Crippen LogP contribution in [-0.2, 0) is 23.0 Å². The van der Waals surface area contributed by atoms with Crippen LogP contribution in [0, 0.1) is 11.6 Å². The van der Waals surface area contributed by atoms with Gasteiger partial charge in [0.15, 0.2) is 0 Å². The van der Waals surface area contributed by atoms with Crippen LogP contribution >= 0.6 is 0 Å². The number of phenolic OH excluding ortho intramolecular Hbond substituents is 1. The number of fused-ring (bicyclic) bond motifs is 1. The fraction of sp³-hybridized carbons (Fsp3) is 0.318. The van der Waals surface area contributed by atoms with Crippen molar-refractivity contribution < 1.29 is 26.7 Å². The summed E-state index contributed by atoms with van der Waals surface area (Å²) in [6, 6.07) is 6.97. The Kier molecular flexibility index (Phi) is 6.02. The predicted molar refractivity (Wildman–Crippen MR) is 114 cm³/mol. The van der Waals surface area contributed by atoms with Gasteiger partial charge in [-0.2, -0.15) is 4.31 Å². The summed E-state index contributed by atoms with van der Waals surface area (Å²) in [5.74, 6) is -1.76. The third-order valence-corrected chi connectivity index (χ3v) is 7.56. The summed E-state index contributed by atoms with van der Waals surface area (Å²) in [7, 11) is -4.17. The van der Waals surface area contributed by atoms with Crippen LogP contribution in [0.25, 0.3) is 11.0 Å². The van der Waals surface area contributed by atoms with Gasteiger partial charge < -0.3 is 9.52 Å². The Morgan fingerprint density at radius 1 is 1.03 bits per heavy atom. The van der Waals surface area contributed by atoms with Crippen molar-refractivity contribution >= 4 is 21.0 Å². The monoisotopic (exact) mass is 464 g/mol. The zero-order valence-electron chi connectivity index (χ0n) is 17.3. The molecule has 0 amide bonds. The van der Waals surface area contributed by atoms with E-state index in [9.17, 15) is 27.1 Å². The second-order valence-corrected chi connectivity index (χ2v) is 9.58. The van der Waals surface area contributed by atoms with Crippen molar-refractivity contribution in [2.45, 2.75) is 24.8 Å². The first kappa shape index (κ1) is 22.4. The zero-order valence-corrected chi connectivity index (χ0v) is 18.2. The first-order valence-electron chi connectivity index (χ1n) is 10.1. The Bertz CT molecular complexity index is 1330. The molecule has 0 unspecified atom stereocenters. The van der Waals surface area contributed by atoms with Crippen LogP contribution in [-0.4, -0.2) is 48.9 Å². The van der Waals surface area contributed by atoms with E-state index in [2.05, 4.69) is 0 Å². The van der Waals surface area contributed by atoms with E-state index in [0.29, 0.717) is 43.1 Å². The van der Waals surface area contributed by atoms with Crippen LogP contribution in [0.5, 0.6) is 5.75 Å². The Hall–Kier alpha value is -2.82. The van der Waals surface area contributed by atoms with Crippen LogP contribution in [0.2, 0.25) is 0 Å². The van der Waals surface area contributed by atoms with Crippen molar-refractivity contribution in [1.29, 1.82) is 0 Å². The number of nitrogens with zero attached hydrogens (tertiary/aromatic N) is 2. The van der Waals surface area contributed by atoms with Gasteiger partial charge in [0.1, 0.15) is 27.9 Å². The molecule has 0 spiro atoms. The molecule has 170 valence electrons. The van der Waals surface area contributed by atoms with Crippen molar-refractivity contribution in [1.82, 2.24) is 9.21 Å². The summed E-state index contributed by atoms with van der Waals surface area (Å²) in [5, 5.41) is 10.8. The molecule has 0 aliphatic carbocycles. The first-order valence-corrected chi connectivity index (χ1v) is 11.6. The van der Waals surface area contributed by atoms with Crippen molar-refractivity contribution in [3.63, 3.8) is 0 Å². The van der Waals surface area contributed by atoms with E-state index in [-0.39, 0.29) is 24.4 Å². The Labute approximate surface area is 183 Å². The van der Waals surface area contributed by atoms with Gasteiger partial charge in [0, 0.05) is 50.2 Å². The quantitative estimate of drug-likeness (QED) is 0.584. The molecule has 1 aromatic heterocycles. The molecule has 0 bridgehead atoms. The second kappa shape index (κ2) is 8.61. The van der Waals surface area contributed by atoms with E-state index < -0.39 is 32.2 Å². The van der Waals surface area contributed by atoms with Crippen LogP contribution < -0.4 is 5.63 Å². The van der Waals surface area contributed by atoms with Gasteiger partial charge in [-0.3, -0.25) is 4.90 Å². The minimum atomic E-state index is -4.17. The summed E-state index contributed by atoms with van der Waals surface area (Å²) >= 11 is 0. The van der Waals surface area contributed by atoms with E-state index >= 15 is 0 Å². The summed E-state index contributed by atoms with van der Waals surface area (Å²) < 4.78 is 59.4. The molecule has 3 aromatic rings. The molecular weight excluding hydrogens is 442 g/mol. The van der Waals surface area contributed by atoms with Crippen molar-refractivity contribution in [2.75, 3.05) is 26.2 Å². The maximum atomic E-state index is 14.0. The molecule has 1 aliphatic heterocycles. The molecule has 0 atom stereocenters. The van der Waals surface area contributed by atoms with Crippen LogP contribution in [0.1, 0.15) is 18.1 Å². The molecule has 1 N–H and O–H groups in total. The van der Waals surface area contributed by atoms with Crippen LogP contribution in [0.4, 0.5) is 8.78 Å². The van der Waals surface area contributed by atoms with Crippen molar-refractivity contribution in [2.24, 2.45) is 0 Å². The molecule has 32 heavy (non-hydrogen) atoms. The SMILES string of the molecule is CCc1cc2c(CN3CCN(S(=O)(=O)c4cc(F)ccc4F)CC3)cc(=O)oc2cc1O. The molecule has 0 radical (unpaired) electrons. The van der Waals surface area contributed by atoms with Crippen LogP contribution in [0.15, 0.2) is 50.5 Å². The fourth-order valence-electron chi connectivity index (χ4n) is 3.90. The summed E-state index contributed by atoms with van der Waals surface area (Å²) in [6.45, 7) is 3.16. The molecule has 2 aromatic carbocycles. The molecule has 1 aliphatic rings. The van der Waals surface area contributed by atoms with Crippen LogP contribution in [0.3, 0.4) is 0 Å². The van der Waals surface area contributed by atoms with Crippen molar-refractivity contribution in [3.05, 3.63) is 69.6 Å². The fourth-order valence-corrected chi connectivity index (χ4v) is 5.40. The highest BCUT2D eigenvalue weighted by Gasteiger charge is 2.31. The lowest BCUT2D eigenvalue weighted by molar-refractivity contribution is 0.181. The van der Waals surface area contributed by atoms with E-state index in [0.717, 1.165) is 22.0 Å². The van der Waals surface area contributed by atoms with Gasteiger partial charge in [-0.05, 0) is 41.8 Å². The highest BCUT2D eigenvalue weighted by molar-refractivity contribution is 7.89. The van der Waals surface area contributed by atoms with Gasteiger partial charge in [0.25, 0.3) is 0 Å². The maximum Gasteiger partial charge on any atom is 0.336 e. The highest BCUT2D eigenvalue weighted by Crippen LogP contribution is 2.28. The first-order chi connectivity index (χ1) is 15.2. The number of aryl methyl sites for hydroxylation is 1. The number of piperazine rings is 1. The average molecular weight is 464 g/mol. The van der Waals surface area contributed by atoms with Gasteiger partial charge in [0.05, 0.1) is 0 Å². The Morgan fingerprint density at radius 3 is 2.44 bits per heavy atom. The van der Waals surface area contributed by atoms with Gasteiger partial charge in [0.2, 0.25) is 10.0 Å². The number of rotatable bonds is 5. The molecule has 0 saturated carbocycles. The van der Waals surface area contributed by atoms with E-state index in [1.54, 1.807) is 6.07 Å². The molecule has 1 fully saturated rings. The molecule has 10 heteroatoms. The molecule has 2 heterocycles. The lowest BCUT2D eigenvalue weighted by atomic mass is 10.0. The number of hydrogen-bond acceptors (Lipinski definition) is 6. The van der Waals surface area contributed by atoms with Gasteiger partial charge in [-0.15, -0.1) is 0 Å². The average Bonchev–Trinajstić information content (AvgIpc) is 2.75. The summed E-state index contributed by atoms with van der Waals surface area (Å²) in [4.78, 5) is 13.3. The molecular formula is C22H22F2N2O5S. The maximum absolute atomic E-state index is 14.0. The van der Waals surface area contributed by atoms with E-state index in [4.69, 9.17) is 4.42 Å². The Balaban J connectivity index is 1.54. The predicted octanol–water partition coefficient (Wildman–Crippen LogP) is 2.85. The zero-order chi connectivity index (χ0) is 23.0. The highest BCUT2D eigenvalue weighted by atomic mass is 32.2. The second-order valence-electron chi connectivity index (χ2n) is 7.68. The van der Waals surface area contributed by atoms with E-state index in [1.165, 1.54) is 12.1 Å². The Morgan fingerprint density at radius 2 is 1.75 bits per heavy atom. The third kappa shape index (κ3) is 4.25. The van der Waals surface area contributed by atoms with Crippen molar-refractivity contribution in [3.8, 4) is 5.75 Å². The number of aromatic hydroxyl groups is 1. The molecule has 1 saturated heterocycles. The normalized spacial score (nSPS) is 16.0. The van der Waals surface area contributed by atoms with E-state index in [1.807, 2.05) is 11.8 Å². The smallest absolute Gasteiger partial charge is 0.336 e. The van der Waals surface area contributed by atoms with Gasteiger partial charge in [-0.1, -0.05) is 6.92 Å². The number of halogens is 2. The minimum absolute atomic E-state index is 0.0590. The molecule has 4 rings (SSSR count). The van der Waals surface area contributed by atoms with Gasteiger partial charge in [-0.25, -0.2) is 22.0 Å². The summed E-state index contributed by atoms with van der Waals surface area (Å²) in [6.07, 6.45) is 0.605. The van der Waals surface area contributed by atoms with Gasteiger partial charge >= 0.3 is 5.63 Å². The summed E-state index contributed by atoms with van der Waals surface area (Å²) in [5.41, 5.74) is 1.17. The molecule has 7 nitrogen and oxygen atoms in total. The largest absolute Gasteiger partial charge is 0.508 e. The number of sulfonamides is 1. The third-order valence-electron chi connectivity index (χ3n) is 5.65. The minimum Gasteiger partial charge on any atom is -0.508 e.